The quantitative estimate of drug-likeness (QED) is 0.783. The molecule has 0 aromatic carbocycles. The highest BCUT2D eigenvalue weighted by molar-refractivity contribution is 7.14. The van der Waals surface area contributed by atoms with Crippen molar-refractivity contribution in [3.8, 4) is 0 Å². The molecule has 0 radical (unpaired) electrons. The van der Waals surface area contributed by atoms with Gasteiger partial charge in [0.2, 0.25) is 0 Å². The Morgan fingerprint density at radius 2 is 2.54 bits per heavy atom. The number of thiazole rings is 1. The van der Waals surface area contributed by atoms with E-state index in [9.17, 15) is 9.18 Å². The standard InChI is InChI=1S/C7H10FN3OS/c1-5-6(13-4-10-5)11-7(12)9-3-2-8/h4H,2-3H2,1H3,(H2,9,11,12). The average Bonchev–Trinajstić information content (AvgIpc) is 2.48. The molecule has 2 N–H and O–H groups in total. The van der Waals surface area contributed by atoms with Crippen molar-refractivity contribution in [3.05, 3.63) is 11.2 Å². The molecule has 1 aromatic heterocycles. The van der Waals surface area contributed by atoms with Crippen LogP contribution in [0.15, 0.2) is 5.51 Å². The van der Waals surface area contributed by atoms with Gasteiger partial charge in [0.05, 0.1) is 11.2 Å². The zero-order chi connectivity index (χ0) is 9.68. The number of hydrogen-bond donors (Lipinski definition) is 2. The number of aryl methyl sites for hydroxylation is 1. The summed E-state index contributed by atoms with van der Waals surface area (Å²) in [6.07, 6.45) is 0. The Hall–Kier alpha value is -1.17. The molecule has 0 bridgehead atoms. The number of hydrogen-bond acceptors (Lipinski definition) is 3. The molecule has 0 aliphatic heterocycles. The van der Waals surface area contributed by atoms with Gasteiger partial charge >= 0.3 is 6.03 Å². The van der Waals surface area contributed by atoms with Gasteiger partial charge in [-0.25, -0.2) is 14.2 Å². The lowest BCUT2D eigenvalue weighted by atomic mass is 10.5. The molecule has 2 amide bonds. The van der Waals surface area contributed by atoms with Gasteiger partial charge in [0, 0.05) is 6.54 Å². The summed E-state index contributed by atoms with van der Waals surface area (Å²) in [6, 6.07) is -0.398. The number of urea groups is 1. The van der Waals surface area contributed by atoms with Crippen LogP contribution in [0.5, 0.6) is 0 Å². The SMILES string of the molecule is Cc1ncsc1NC(=O)NCCF. The lowest BCUT2D eigenvalue weighted by Gasteiger charge is -2.03. The molecule has 0 fully saturated rings. The van der Waals surface area contributed by atoms with Crippen molar-refractivity contribution in [2.24, 2.45) is 0 Å². The van der Waals surface area contributed by atoms with Crippen LogP contribution >= 0.6 is 11.3 Å². The van der Waals surface area contributed by atoms with E-state index in [0.717, 1.165) is 5.69 Å². The van der Waals surface area contributed by atoms with Crippen molar-refractivity contribution in [2.75, 3.05) is 18.5 Å². The Bertz CT molecular complexity index is 289. The Morgan fingerprint density at radius 1 is 1.77 bits per heavy atom. The first-order chi connectivity index (χ1) is 6.24. The summed E-state index contributed by atoms with van der Waals surface area (Å²) in [6.45, 7) is 1.26. The summed E-state index contributed by atoms with van der Waals surface area (Å²) in [4.78, 5) is 15.0. The number of anilines is 1. The Morgan fingerprint density at radius 3 is 3.08 bits per heavy atom. The van der Waals surface area contributed by atoms with Crippen LogP contribution in [0.25, 0.3) is 0 Å². The number of carbonyl (C=O) groups excluding carboxylic acids is 1. The van der Waals surface area contributed by atoms with Gasteiger partial charge in [0.15, 0.2) is 0 Å². The van der Waals surface area contributed by atoms with E-state index in [-0.39, 0.29) is 6.54 Å². The molecule has 13 heavy (non-hydrogen) atoms. The van der Waals surface area contributed by atoms with Gasteiger partial charge in [-0.05, 0) is 6.92 Å². The fraction of sp³-hybridized carbons (Fsp3) is 0.429. The molecule has 0 spiro atoms. The smallest absolute Gasteiger partial charge is 0.319 e. The summed E-state index contributed by atoms with van der Waals surface area (Å²) >= 11 is 1.33. The molecule has 0 saturated heterocycles. The fourth-order valence-electron chi connectivity index (χ4n) is 0.730. The number of alkyl halides is 1. The minimum absolute atomic E-state index is 0.0314. The van der Waals surface area contributed by atoms with Crippen LogP contribution in [0.1, 0.15) is 5.69 Å². The van der Waals surface area contributed by atoms with E-state index in [4.69, 9.17) is 0 Å². The lowest BCUT2D eigenvalue weighted by Crippen LogP contribution is -2.30. The van der Waals surface area contributed by atoms with E-state index in [1.165, 1.54) is 11.3 Å². The maximum atomic E-state index is 11.7. The molecule has 0 atom stereocenters. The first-order valence-electron chi connectivity index (χ1n) is 3.75. The van der Waals surface area contributed by atoms with Crippen molar-refractivity contribution in [1.29, 1.82) is 0 Å². The van der Waals surface area contributed by atoms with E-state index in [0.29, 0.717) is 5.00 Å². The number of rotatable bonds is 3. The van der Waals surface area contributed by atoms with E-state index in [2.05, 4.69) is 15.6 Å². The van der Waals surface area contributed by atoms with E-state index in [1.807, 2.05) is 0 Å². The van der Waals surface area contributed by atoms with Crippen molar-refractivity contribution < 1.29 is 9.18 Å². The molecular formula is C7H10FN3OS. The maximum Gasteiger partial charge on any atom is 0.319 e. The average molecular weight is 203 g/mol. The monoisotopic (exact) mass is 203 g/mol. The van der Waals surface area contributed by atoms with Gasteiger partial charge in [-0.3, -0.25) is 5.32 Å². The van der Waals surface area contributed by atoms with E-state index in [1.54, 1.807) is 12.4 Å². The summed E-state index contributed by atoms with van der Waals surface area (Å²) in [5.74, 6) is 0. The number of nitrogens with zero attached hydrogens (tertiary/aromatic N) is 1. The molecular weight excluding hydrogens is 193 g/mol. The zero-order valence-corrected chi connectivity index (χ0v) is 7.95. The highest BCUT2D eigenvalue weighted by Crippen LogP contribution is 2.18. The van der Waals surface area contributed by atoms with Crippen LogP contribution in [0.3, 0.4) is 0 Å². The molecule has 0 unspecified atom stereocenters. The molecule has 1 aromatic rings. The minimum atomic E-state index is -0.560. The summed E-state index contributed by atoms with van der Waals surface area (Å²) < 4.78 is 11.7. The second-order valence-corrected chi connectivity index (χ2v) is 3.19. The fourth-order valence-corrected chi connectivity index (χ4v) is 1.42. The third-order valence-corrected chi connectivity index (χ3v) is 2.20. The van der Waals surface area contributed by atoms with Gasteiger partial charge in [-0.15, -0.1) is 11.3 Å². The third-order valence-electron chi connectivity index (χ3n) is 1.35. The summed E-state index contributed by atoms with van der Waals surface area (Å²) in [5, 5.41) is 5.61. The van der Waals surface area contributed by atoms with E-state index < -0.39 is 12.7 Å². The molecule has 0 aliphatic carbocycles. The van der Waals surface area contributed by atoms with Gasteiger partial charge in [0.1, 0.15) is 11.7 Å². The highest BCUT2D eigenvalue weighted by atomic mass is 32.1. The minimum Gasteiger partial charge on any atom is -0.335 e. The second kappa shape index (κ2) is 4.76. The predicted molar refractivity (Wildman–Crippen MR) is 49.8 cm³/mol. The molecule has 1 heterocycles. The van der Waals surface area contributed by atoms with Gasteiger partial charge in [-0.2, -0.15) is 0 Å². The Kier molecular flexibility index (Phi) is 3.63. The number of amides is 2. The molecule has 4 nitrogen and oxygen atoms in total. The lowest BCUT2D eigenvalue weighted by molar-refractivity contribution is 0.251. The van der Waals surface area contributed by atoms with Crippen LogP contribution in [-0.2, 0) is 0 Å². The normalized spacial score (nSPS) is 9.69. The third kappa shape index (κ3) is 2.98. The van der Waals surface area contributed by atoms with Crippen LogP contribution in [-0.4, -0.2) is 24.2 Å². The van der Waals surface area contributed by atoms with Crippen LogP contribution in [0, 0.1) is 6.92 Å². The first kappa shape index (κ1) is 9.91. The summed E-state index contributed by atoms with van der Waals surface area (Å²) in [5.41, 5.74) is 2.40. The van der Waals surface area contributed by atoms with Crippen LogP contribution in [0.4, 0.5) is 14.2 Å². The topological polar surface area (TPSA) is 54.0 Å². The number of aromatic nitrogens is 1. The number of halogens is 1. The Labute approximate surface area is 79.2 Å². The van der Waals surface area contributed by atoms with E-state index >= 15 is 0 Å². The van der Waals surface area contributed by atoms with Crippen molar-refractivity contribution in [3.63, 3.8) is 0 Å². The second-order valence-electron chi connectivity index (χ2n) is 2.34. The van der Waals surface area contributed by atoms with Gasteiger partial charge in [0.25, 0.3) is 0 Å². The van der Waals surface area contributed by atoms with Crippen LogP contribution < -0.4 is 10.6 Å². The molecule has 6 heteroatoms. The Balaban J connectivity index is 2.41. The van der Waals surface area contributed by atoms with Crippen molar-refractivity contribution in [1.82, 2.24) is 10.3 Å². The number of carbonyl (C=O) groups is 1. The van der Waals surface area contributed by atoms with Gasteiger partial charge in [-0.1, -0.05) is 0 Å². The zero-order valence-electron chi connectivity index (χ0n) is 7.13. The van der Waals surface area contributed by atoms with Gasteiger partial charge < -0.3 is 5.32 Å². The molecule has 0 aliphatic rings. The maximum absolute atomic E-state index is 11.7. The largest absolute Gasteiger partial charge is 0.335 e. The van der Waals surface area contributed by atoms with Crippen molar-refractivity contribution >= 4 is 22.4 Å². The first-order valence-corrected chi connectivity index (χ1v) is 4.63. The summed E-state index contributed by atoms with van der Waals surface area (Å²) in [7, 11) is 0. The number of nitrogens with one attached hydrogen (secondary N) is 2. The molecule has 0 saturated carbocycles. The van der Waals surface area contributed by atoms with Crippen LogP contribution in [0.2, 0.25) is 0 Å². The molecule has 72 valence electrons. The highest BCUT2D eigenvalue weighted by Gasteiger charge is 2.04. The van der Waals surface area contributed by atoms with Crippen molar-refractivity contribution in [2.45, 2.75) is 6.92 Å². The molecule has 1 rings (SSSR count). The predicted octanol–water partition coefficient (Wildman–Crippen LogP) is 1.54.